The Morgan fingerprint density at radius 1 is 1.33 bits per heavy atom. The fraction of sp³-hybridized carbons (Fsp3) is 0.300. The van der Waals surface area contributed by atoms with Gasteiger partial charge in [0.25, 0.3) is 5.56 Å². The van der Waals surface area contributed by atoms with Gasteiger partial charge in [0.15, 0.2) is 10.9 Å². The van der Waals surface area contributed by atoms with E-state index in [9.17, 15) is 14.4 Å². The number of carbonyl (C=O) groups excluding carboxylic acids is 2. The van der Waals surface area contributed by atoms with Crippen LogP contribution in [0.2, 0.25) is 0 Å². The van der Waals surface area contributed by atoms with E-state index >= 15 is 0 Å². The lowest BCUT2D eigenvalue weighted by Gasteiger charge is -2.12. The van der Waals surface area contributed by atoms with Crippen LogP contribution in [0.25, 0.3) is 10.2 Å². The fourth-order valence-corrected chi connectivity index (χ4v) is 5.49. The number of furan rings is 1. The molecule has 1 aliphatic carbocycles. The van der Waals surface area contributed by atoms with E-state index in [1.54, 1.807) is 28.0 Å². The van der Waals surface area contributed by atoms with Gasteiger partial charge in [-0.1, -0.05) is 17.8 Å². The number of rotatable bonds is 6. The molecule has 4 rings (SSSR count). The Kier molecular flexibility index (Phi) is 6.05. The minimum absolute atomic E-state index is 0.0153. The third-order valence-corrected chi connectivity index (χ3v) is 6.91. The van der Waals surface area contributed by atoms with E-state index in [1.807, 2.05) is 0 Å². The van der Waals surface area contributed by atoms with Crippen LogP contribution in [0.4, 0.5) is 0 Å². The zero-order chi connectivity index (χ0) is 21.1. The predicted octanol–water partition coefficient (Wildman–Crippen LogP) is 2.67. The summed E-state index contributed by atoms with van der Waals surface area (Å²) in [4.78, 5) is 43.8. The van der Waals surface area contributed by atoms with Crippen LogP contribution in [0, 0.1) is 0 Å². The maximum absolute atomic E-state index is 13.2. The molecule has 8 nitrogen and oxygen atoms in total. The van der Waals surface area contributed by atoms with E-state index in [-0.39, 0.29) is 17.1 Å². The lowest BCUT2D eigenvalue weighted by Crippen LogP contribution is -2.42. The number of hydrogen-bond donors (Lipinski definition) is 2. The Labute approximate surface area is 180 Å². The molecule has 0 saturated heterocycles. The van der Waals surface area contributed by atoms with Crippen molar-refractivity contribution in [1.29, 1.82) is 0 Å². The van der Waals surface area contributed by atoms with Crippen molar-refractivity contribution in [3.05, 3.63) is 57.6 Å². The molecule has 30 heavy (non-hydrogen) atoms. The summed E-state index contributed by atoms with van der Waals surface area (Å²) < 4.78 is 6.52. The first-order valence-corrected chi connectivity index (χ1v) is 11.3. The second kappa shape index (κ2) is 8.88. The van der Waals surface area contributed by atoms with Crippen LogP contribution in [0.3, 0.4) is 0 Å². The average molecular weight is 445 g/mol. The molecule has 0 bridgehead atoms. The maximum atomic E-state index is 13.2. The molecule has 3 aromatic heterocycles. The number of thiophene rings is 1. The smallest absolute Gasteiger partial charge is 0.305 e. The van der Waals surface area contributed by atoms with Gasteiger partial charge in [-0.25, -0.2) is 4.98 Å². The molecule has 0 saturated carbocycles. The number of amides is 2. The normalized spacial score (nSPS) is 13.1. The summed E-state index contributed by atoms with van der Waals surface area (Å²) in [5.41, 5.74) is 5.66. The summed E-state index contributed by atoms with van der Waals surface area (Å²) >= 11 is 2.71. The van der Waals surface area contributed by atoms with Gasteiger partial charge in [0.2, 0.25) is 5.91 Å². The van der Waals surface area contributed by atoms with Crippen LogP contribution < -0.4 is 16.4 Å². The molecule has 0 spiro atoms. The van der Waals surface area contributed by atoms with Gasteiger partial charge >= 0.3 is 5.91 Å². The standard InChI is InChI=1S/C20H20N4O4S2/c1-2-9-24-19(27)16-12-6-3-4-8-14(12)30-18(16)21-20(24)29-11-15(25)22-23-17(26)13-7-5-10-28-13/h2,5,7,10H,1,3-4,6,8-9,11H2,(H,22,25)(H,23,26). The topological polar surface area (TPSA) is 106 Å². The Bertz CT molecular complexity index is 1160. The highest BCUT2D eigenvalue weighted by Crippen LogP contribution is 2.34. The van der Waals surface area contributed by atoms with Crippen LogP contribution in [0.5, 0.6) is 0 Å². The summed E-state index contributed by atoms with van der Waals surface area (Å²) in [6.07, 6.45) is 7.12. The van der Waals surface area contributed by atoms with E-state index in [0.717, 1.165) is 47.8 Å². The number of aryl methyl sites for hydroxylation is 2. The van der Waals surface area contributed by atoms with Gasteiger partial charge in [-0.2, -0.15) is 0 Å². The van der Waals surface area contributed by atoms with Gasteiger partial charge in [-0.05, 0) is 43.4 Å². The monoisotopic (exact) mass is 444 g/mol. The molecule has 10 heteroatoms. The number of thioether (sulfide) groups is 1. The Morgan fingerprint density at radius 3 is 2.93 bits per heavy atom. The molecule has 0 radical (unpaired) electrons. The highest BCUT2D eigenvalue weighted by atomic mass is 32.2. The zero-order valence-electron chi connectivity index (χ0n) is 16.1. The second-order valence-electron chi connectivity index (χ2n) is 6.76. The molecule has 1 aliphatic rings. The molecule has 2 amide bonds. The van der Waals surface area contributed by atoms with Crippen molar-refractivity contribution in [3.63, 3.8) is 0 Å². The summed E-state index contributed by atoms with van der Waals surface area (Å²) in [5, 5.41) is 1.16. The van der Waals surface area contributed by atoms with Crippen molar-refractivity contribution < 1.29 is 14.0 Å². The number of nitrogens with one attached hydrogen (secondary N) is 2. The zero-order valence-corrected chi connectivity index (χ0v) is 17.7. The quantitative estimate of drug-likeness (QED) is 0.262. The van der Waals surface area contributed by atoms with Crippen molar-refractivity contribution >= 4 is 45.1 Å². The van der Waals surface area contributed by atoms with Crippen LogP contribution >= 0.6 is 23.1 Å². The van der Waals surface area contributed by atoms with Gasteiger partial charge in [-0.3, -0.25) is 29.8 Å². The van der Waals surface area contributed by atoms with Crippen LogP contribution in [-0.2, 0) is 24.2 Å². The first-order valence-electron chi connectivity index (χ1n) is 9.50. The summed E-state index contributed by atoms with van der Waals surface area (Å²) in [6, 6.07) is 3.07. The number of hydrazine groups is 1. The number of aromatic nitrogens is 2. The second-order valence-corrected chi connectivity index (χ2v) is 8.78. The van der Waals surface area contributed by atoms with Crippen molar-refractivity contribution in [2.45, 2.75) is 37.4 Å². The van der Waals surface area contributed by atoms with E-state index < -0.39 is 11.8 Å². The molecule has 0 fully saturated rings. The van der Waals surface area contributed by atoms with Gasteiger partial charge in [-0.15, -0.1) is 17.9 Å². The number of fused-ring (bicyclic) bond motifs is 3. The van der Waals surface area contributed by atoms with Gasteiger partial charge < -0.3 is 4.42 Å². The Balaban J connectivity index is 1.51. The maximum Gasteiger partial charge on any atom is 0.305 e. The predicted molar refractivity (Wildman–Crippen MR) is 116 cm³/mol. The Morgan fingerprint density at radius 2 is 2.17 bits per heavy atom. The summed E-state index contributed by atoms with van der Waals surface area (Å²) in [6.45, 7) is 4.04. The largest absolute Gasteiger partial charge is 0.459 e. The van der Waals surface area contributed by atoms with Crippen molar-refractivity contribution in [2.75, 3.05) is 5.75 Å². The number of hydrogen-bond acceptors (Lipinski definition) is 7. The number of allylic oxidation sites excluding steroid dienone is 1. The molecule has 2 N–H and O–H groups in total. The van der Waals surface area contributed by atoms with Gasteiger partial charge in [0, 0.05) is 11.4 Å². The summed E-state index contributed by atoms with van der Waals surface area (Å²) in [7, 11) is 0. The van der Waals surface area contributed by atoms with Crippen molar-refractivity contribution in [1.82, 2.24) is 20.4 Å². The minimum Gasteiger partial charge on any atom is -0.459 e. The van der Waals surface area contributed by atoms with E-state index in [4.69, 9.17) is 4.42 Å². The number of nitrogens with zero attached hydrogens (tertiary/aromatic N) is 2. The third-order valence-electron chi connectivity index (χ3n) is 4.74. The lowest BCUT2D eigenvalue weighted by molar-refractivity contribution is -0.119. The first-order chi connectivity index (χ1) is 14.6. The average Bonchev–Trinajstić information content (AvgIpc) is 3.40. The van der Waals surface area contributed by atoms with E-state index in [0.29, 0.717) is 17.1 Å². The molecular weight excluding hydrogens is 424 g/mol. The third kappa shape index (κ3) is 4.05. The van der Waals surface area contributed by atoms with Gasteiger partial charge in [0.1, 0.15) is 4.83 Å². The SMILES string of the molecule is C=CCn1c(SCC(=O)NNC(=O)c2ccco2)nc2sc3c(c2c1=O)CCCC3. The molecule has 3 heterocycles. The number of carbonyl (C=O) groups is 2. The molecule has 3 aromatic rings. The van der Waals surface area contributed by atoms with Crippen molar-refractivity contribution in [3.8, 4) is 0 Å². The van der Waals surface area contributed by atoms with Crippen molar-refractivity contribution in [2.24, 2.45) is 0 Å². The van der Waals surface area contributed by atoms with E-state index in [1.165, 1.54) is 17.2 Å². The summed E-state index contributed by atoms with van der Waals surface area (Å²) in [5.74, 6) is -0.898. The molecular formula is C20H20N4O4S2. The first kappa shape index (κ1) is 20.4. The highest BCUT2D eigenvalue weighted by molar-refractivity contribution is 7.99. The molecule has 0 atom stereocenters. The molecule has 0 aromatic carbocycles. The Hall–Kier alpha value is -2.85. The molecule has 0 aliphatic heterocycles. The molecule has 0 unspecified atom stereocenters. The van der Waals surface area contributed by atoms with Gasteiger partial charge in [0.05, 0.1) is 17.4 Å². The highest BCUT2D eigenvalue weighted by Gasteiger charge is 2.22. The fourth-order valence-electron chi connectivity index (χ4n) is 3.38. The van der Waals surface area contributed by atoms with E-state index in [2.05, 4.69) is 22.4 Å². The van der Waals surface area contributed by atoms with Crippen LogP contribution in [-0.4, -0.2) is 27.1 Å². The minimum atomic E-state index is -0.550. The van der Waals surface area contributed by atoms with Crippen LogP contribution in [0.15, 0.2) is 45.4 Å². The van der Waals surface area contributed by atoms with Crippen LogP contribution in [0.1, 0.15) is 33.8 Å². The molecule has 156 valence electrons. The lowest BCUT2D eigenvalue weighted by atomic mass is 9.97.